The van der Waals surface area contributed by atoms with Crippen molar-refractivity contribution >= 4 is 21.6 Å². The van der Waals surface area contributed by atoms with Gasteiger partial charge < -0.3 is 10.2 Å². The van der Waals surface area contributed by atoms with Gasteiger partial charge in [0.05, 0.1) is 5.75 Å². The highest BCUT2D eigenvalue weighted by Crippen LogP contribution is 2.37. The number of halogens is 1. The Morgan fingerprint density at radius 1 is 1.30 bits per heavy atom. The van der Waals surface area contributed by atoms with Crippen LogP contribution in [-0.4, -0.2) is 38.7 Å². The molecular weight excluding hydrogens is 319 g/mol. The van der Waals surface area contributed by atoms with E-state index in [2.05, 4.69) is 5.32 Å². The monoisotopic (exact) mass is 340 g/mol. The predicted octanol–water partition coefficient (Wildman–Crippen LogP) is 2.63. The second kappa shape index (κ2) is 6.11. The number of hydrogen-bond acceptors (Lipinski definition) is 3. The number of sulfone groups is 1. The Hall–Kier alpha value is -1.63. The predicted molar refractivity (Wildman–Crippen MR) is 86.4 cm³/mol. The minimum atomic E-state index is -3.32. The molecule has 23 heavy (non-hydrogen) atoms. The van der Waals surface area contributed by atoms with Gasteiger partial charge in [0.1, 0.15) is 5.82 Å². The van der Waals surface area contributed by atoms with Crippen molar-refractivity contribution in [2.75, 3.05) is 24.7 Å². The molecule has 1 N–H and O–H groups in total. The first kappa shape index (κ1) is 16.2. The second-order valence-electron chi connectivity index (χ2n) is 6.66. The van der Waals surface area contributed by atoms with E-state index in [0.717, 1.165) is 25.4 Å². The molecule has 126 valence electrons. The molecule has 7 heteroatoms. The summed E-state index contributed by atoms with van der Waals surface area (Å²) in [6.45, 7) is 1.50. The van der Waals surface area contributed by atoms with Crippen molar-refractivity contribution < 1.29 is 17.6 Å². The second-order valence-corrected chi connectivity index (χ2v) is 8.80. The molecule has 1 saturated heterocycles. The van der Waals surface area contributed by atoms with Gasteiger partial charge in [0, 0.05) is 25.0 Å². The number of rotatable bonds is 3. The lowest BCUT2D eigenvalue weighted by Gasteiger charge is -2.19. The maximum Gasteiger partial charge on any atom is 0.321 e. The van der Waals surface area contributed by atoms with Crippen LogP contribution in [0.15, 0.2) is 18.2 Å². The first-order chi connectivity index (χ1) is 10.8. The van der Waals surface area contributed by atoms with Crippen LogP contribution in [-0.2, 0) is 15.6 Å². The highest BCUT2D eigenvalue weighted by molar-refractivity contribution is 7.89. The van der Waals surface area contributed by atoms with E-state index >= 15 is 0 Å². The SMILES string of the molecule is CS(=O)(=O)Cc1cc(F)ccc1NC(=O)N1C[C@@H]2CCC[C@H]2C1. The molecule has 2 atom stereocenters. The number of likely N-dealkylation sites (tertiary alicyclic amines) is 1. The van der Waals surface area contributed by atoms with E-state index in [0.29, 0.717) is 17.5 Å². The van der Waals surface area contributed by atoms with Crippen molar-refractivity contribution in [2.45, 2.75) is 25.0 Å². The van der Waals surface area contributed by atoms with E-state index in [1.807, 2.05) is 0 Å². The van der Waals surface area contributed by atoms with E-state index in [9.17, 15) is 17.6 Å². The first-order valence-electron chi connectivity index (χ1n) is 7.84. The van der Waals surface area contributed by atoms with Crippen LogP contribution in [0.2, 0.25) is 0 Å². The van der Waals surface area contributed by atoms with Crippen LogP contribution >= 0.6 is 0 Å². The fraction of sp³-hybridized carbons (Fsp3) is 0.562. The summed E-state index contributed by atoms with van der Waals surface area (Å²) in [5.41, 5.74) is 0.638. The Balaban J connectivity index is 1.73. The van der Waals surface area contributed by atoms with Gasteiger partial charge in [-0.3, -0.25) is 0 Å². The lowest BCUT2D eigenvalue weighted by Crippen LogP contribution is -2.34. The molecule has 1 aromatic carbocycles. The third-order valence-corrected chi connectivity index (χ3v) is 5.58. The van der Waals surface area contributed by atoms with Gasteiger partial charge in [0.25, 0.3) is 0 Å². The van der Waals surface area contributed by atoms with Crippen molar-refractivity contribution in [3.63, 3.8) is 0 Å². The highest BCUT2D eigenvalue weighted by atomic mass is 32.2. The normalized spacial score (nSPS) is 23.8. The molecule has 1 aliphatic carbocycles. The van der Waals surface area contributed by atoms with Crippen molar-refractivity contribution in [3.05, 3.63) is 29.6 Å². The molecule has 0 aromatic heterocycles. The molecule has 1 heterocycles. The lowest BCUT2D eigenvalue weighted by atomic mass is 10.0. The number of nitrogens with one attached hydrogen (secondary N) is 1. The summed E-state index contributed by atoms with van der Waals surface area (Å²) in [6, 6.07) is 3.57. The molecule has 2 fully saturated rings. The van der Waals surface area contributed by atoms with E-state index in [4.69, 9.17) is 0 Å². The number of carbonyl (C=O) groups is 1. The van der Waals surface area contributed by atoms with E-state index in [1.165, 1.54) is 31.4 Å². The van der Waals surface area contributed by atoms with E-state index in [-0.39, 0.29) is 17.3 Å². The number of carbonyl (C=O) groups excluding carboxylic acids is 1. The number of fused-ring (bicyclic) bond motifs is 1. The summed E-state index contributed by atoms with van der Waals surface area (Å²) >= 11 is 0. The average molecular weight is 340 g/mol. The van der Waals surface area contributed by atoms with Crippen LogP contribution in [0, 0.1) is 17.7 Å². The standard InChI is InChI=1S/C16H21FN2O3S/c1-23(21,22)10-13-7-14(17)5-6-15(13)18-16(20)19-8-11-3-2-4-12(11)9-19/h5-7,11-12H,2-4,8-10H2,1H3,(H,18,20)/t11-,12-/m0/s1. The summed E-state index contributed by atoms with van der Waals surface area (Å²) in [5, 5.41) is 2.75. The number of nitrogens with zero attached hydrogens (tertiary/aromatic N) is 1. The third-order valence-electron chi connectivity index (χ3n) is 4.74. The van der Waals surface area contributed by atoms with Crippen LogP contribution in [0.5, 0.6) is 0 Å². The molecule has 2 aliphatic rings. The molecule has 1 aliphatic heterocycles. The van der Waals surface area contributed by atoms with Crippen LogP contribution < -0.4 is 5.32 Å². The summed E-state index contributed by atoms with van der Waals surface area (Å²) in [6.07, 6.45) is 4.67. The number of amides is 2. The molecule has 1 aromatic rings. The van der Waals surface area contributed by atoms with Crippen molar-refractivity contribution in [1.29, 1.82) is 0 Å². The highest BCUT2D eigenvalue weighted by Gasteiger charge is 2.38. The number of anilines is 1. The smallest absolute Gasteiger partial charge is 0.321 e. The summed E-state index contributed by atoms with van der Waals surface area (Å²) in [5.74, 6) is 0.359. The zero-order chi connectivity index (χ0) is 16.6. The summed E-state index contributed by atoms with van der Waals surface area (Å²) in [7, 11) is -3.32. The Kier molecular flexibility index (Phi) is 4.31. The fourth-order valence-corrected chi connectivity index (χ4v) is 4.49. The minimum absolute atomic E-state index is 0.235. The van der Waals surface area contributed by atoms with Gasteiger partial charge in [-0.15, -0.1) is 0 Å². The summed E-state index contributed by atoms with van der Waals surface area (Å²) in [4.78, 5) is 14.2. The minimum Gasteiger partial charge on any atom is -0.324 e. The Bertz CT molecular complexity index is 708. The Labute approximate surface area is 135 Å². The van der Waals surface area contributed by atoms with Crippen molar-refractivity contribution in [2.24, 2.45) is 11.8 Å². The zero-order valence-electron chi connectivity index (χ0n) is 13.1. The number of hydrogen-bond donors (Lipinski definition) is 1. The molecule has 0 radical (unpaired) electrons. The lowest BCUT2D eigenvalue weighted by molar-refractivity contribution is 0.219. The molecule has 3 rings (SSSR count). The van der Waals surface area contributed by atoms with Crippen molar-refractivity contribution in [3.8, 4) is 0 Å². The van der Waals surface area contributed by atoms with Crippen LogP contribution in [0.3, 0.4) is 0 Å². The first-order valence-corrected chi connectivity index (χ1v) is 9.90. The van der Waals surface area contributed by atoms with Gasteiger partial charge in [-0.1, -0.05) is 6.42 Å². The third kappa shape index (κ3) is 3.83. The Morgan fingerprint density at radius 3 is 2.57 bits per heavy atom. The maximum atomic E-state index is 13.4. The molecule has 0 spiro atoms. The molecule has 1 saturated carbocycles. The molecule has 2 amide bonds. The fourth-order valence-electron chi connectivity index (χ4n) is 3.68. The molecular formula is C16H21FN2O3S. The van der Waals surface area contributed by atoms with Gasteiger partial charge in [0.2, 0.25) is 0 Å². The molecule has 5 nitrogen and oxygen atoms in total. The molecule has 0 bridgehead atoms. The maximum absolute atomic E-state index is 13.4. The van der Waals surface area contributed by atoms with Gasteiger partial charge >= 0.3 is 6.03 Å². The largest absolute Gasteiger partial charge is 0.324 e. The molecule has 0 unspecified atom stereocenters. The quantitative estimate of drug-likeness (QED) is 0.920. The number of urea groups is 1. The van der Waals surface area contributed by atoms with Crippen LogP contribution in [0.4, 0.5) is 14.9 Å². The van der Waals surface area contributed by atoms with E-state index in [1.54, 1.807) is 4.90 Å². The topological polar surface area (TPSA) is 66.5 Å². The summed E-state index contributed by atoms with van der Waals surface area (Å²) < 4.78 is 36.4. The average Bonchev–Trinajstić information content (AvgIpc) is 3.00. The van der Waals surface area contributed by atoms with Gasteiger partial charge in [-0.2, -0.15) is 0 Å². The van der Waals surface area contributed by atoms with Gasteiger partial charge in [0.15, 0.2) is 9.84 Å². The van der Waals surface area contributed by atoms with Crippen LogP contribution in [0.1, 0.15) is 24.8 Å². The number of benzene rings is 1. The van der Waals surface area contributed by atoms with Crippen molar-refractivity contribution in [1.82, 2.24) is 4.90 Å². The zero-order valence-corrected chi connectivity index (χ0v) is 13.9. The van der Waals surface area contributed by atoms with E-state index < -0.39 is 15.7 Å². The van der Waals surface area contributed by atoms with Gasteiger partial charge in [-0.05, 0) is 48.4 Å². The Morgan fingerprint density at radius 2 is 1.96 bits per heavy atom. The van der Waals surface area contributed by atoms with Gasteiger partial charge in [-0.25, -0.2) is 17.6 Å². The van der Waals surface area contributed by atoms with Crippen LogP contribution in [0.25, 0.3) is 0 Å².